The van der Waals surface area contributed by atoms with E-state index in [1.165, 1.54) is 0 Å². The van der Waals surface area contributed by atoms with E-state index in [2.05, 4.69) is 15.5 Å². The molecule has 40 heavy (non-hydrogen) atoms. The van der Waals surface area contributed by atoms with Gasteiger partial charge in [-0.25, -0.2) is 14.4 Å². The zero-order chi connectivity index (χ0) is 28.6. The summed E-state index contributed by atoms with van der Waals surface area (Å²) in [5.41, 5.74) is 1.73. The fourth-order valence-electron chi connectivity index (χ4n) is 4.95. The summed E-state index contributed by atoms with van der Waals surface area (Å²) in [6.45, 7) is 10.9. The van der Waals surface area contributed by atoms with Gasteiger partial charge in [0.25, 0.3) is 0 Å². The molecule has 2 heterocycles. The summed E-state index contributed by atoms with van der Waals surface area (Å²) in [6, 6.07) is 15.8. The summed E-state index contributed by atoms with van der Waals surface area (Å²) in [7, 11) is 0. The van der Waals surface area contributed by atoms with Crippen molar-refractivity contribution >= 4 is 18.0 Å². The standard InChI is InChI=1S/C30H39N5O5/c1-5-35-25(20-33-15-17-34(18-16-33)29(37)31-21(3)4)26(28(36)39-6-2)27(32-30(35)38)22-11-10-14-24(19-22)40-23-12-8-7-9-13-23/h7-14,19,21,27H,5-6,15-18,20H2,1-4H3,(H,31,37)(H,32,38). The van der Waals surface area contributed by atoms with E-state index < -0.39 is 12.0 Å². The van der Waals surface area contributed by atoms with Crippen LogP contribution in [0.3, 0.4) is 0 Å². The number of esters is 1. The van der Waals surface area contributed by atoms with Crippen molar-refractivity contribution in [2.75, 3.05) is 45.9 Å². The summed E-state index contributed by atoms with van der Waals surface area (Å²) in [6.07, 6.45) is 0. The maximum Gasteiger partial charge on any atom is 0.338 e. The van der Waals surface area contributed by atoms with Crippen LogP contribution in [0, 0.1) is 0 Å². The highest BCUT2D eigenvalue weighted by Crippen LogP contribution is 2.34. The molecule has 4 rings (SSSR count). The van der Waals surface area contributed by atoms with E-state index in [1.54, 1.807) is 16.7 Å². The lowest BCUT2D eigenvalue weighted by Gasteiger charge is -2.40. The number of carbonyl (C=O) groups is 3. The number of benzene rings is 2. The average Bonchev–Trinajstić information content (AvgIpc) is 2.93. The molecule has 1 unspecified atom stereocenters. The molecule has 2 aliphatic heterocycles. The Kier molecular flexibility index (Phi) is 9.65. The Hall–Kier alpha value is -4.05. The minimum Gasteiger partial charge on any atom is -0.463 e. The molecule has 0 saturated carbocycles. The number of carbonyl (C=O) groups excluding carboxylic acids is 3. The van der Waals surface area contributed by atoms with Crippen LogP contribution in [-0.2, 0) is 9.53 Å². The number of hydrogen-bond donors (Lipinski definition) is 2. The van der Waals surface area contributed by atoms with Crippen molar-refractivity contribution in [3.8, 4) is 11.5 Å². The van der Waals surface area contributed by atoms with Gasteiger partial charge in [-0.2, -0.15) is 0 Å². The Morgan fingerprint density at radius 3 is 2.35 bits per heavy atom. The van der Waals surface area contributed by atoms with Crippen molar-refractivity contribution in [2.45, 2.75) is 39.8 Å². The third kappa shape index (κ3) is 6.93. The van der Waals surface area contributed by atoms with E-state index in [1.807, 2.05) is 75.4 Å². The first-order chi connectivity index (χ1) is 19.3. The Bertz CT molecular complexity index is 1220. The normalized spacial score (nSPS) is 18.0. The SMILES string of the molecule is CCOC(=O)C1=C(CN2CCN(C(=O)NC(C)C)CC2)N(CC)C(=O)NC1c1cccc(Oc2ccccc2)c1. The highest BCUT2D eigenvalue weighted by atomic mass is 16.5. The second kappa shape index (κ2) is 13.3. The molecule has 10 heteroatoms. The Labute approximate surface area is 235 Å². The zero-order valence-electron chi connectivity index (χ0n) is 23.7. The predicted octanol–water partition coefficient (Wildman–Crippen LogP) is 4.12. The van der Waals surface area contributed by atoms with Crippen molar-refractivity contribution in [3.63, 3.8) is 0 Å². The van der Waals surface area contributed by atoms with Crippen molar-refractivity contribution in [2.24, 2.45) is 0 Å². The van der Waals surface area contributed by atoms with Gasteiger partial charge >= 0.3 is 18.0 Å². The summed E-state index contributed by atoms with van der Waals surface area (Å²) < 4.78 is 11.5. The molecule has 2 aromatic carbocycles. The lowest BCUT2D eigenvalue weighted by atomic mass is 9.94. The van der Waals surface area contributed by atoms with E-state index >= 15 is 0 Å². The van der Waals surface area contributed by atoms with Crippen molar-refractivity contribution < 1.29 is 23.9 Å². The van der Waals surface area contributed by atoms with Crippen LogP contribution in [0.2, 0.25) is 0 Å². The summed E-state index contributed by atoms with van der Waals surface area (Å²) >= 11 is 0. The third-order valence-corrected chi connectivity index (χ3v) is 6.87. The van der Waals surface area contributed by atoms with E-state index in [0.29, 0.717) is 67.6 Å². The molecule has 1 fully saturated rings. The first-order valence-corrected chi connectivity index (χ1v) is 13.9. The fourth-order valence-corrected chi connectivity index (χ4v) is 4.95. The molecule has 2 N–H and O–H groups in total. The van der Waals surface area contributed by atoms with Gasteiger partial charge in [0.1, 0.15) is 11.5 Å². The second-order valence-electron chi connectivity index (χ2n) is 10.1. The van der Waals surface area contributed by atoms with Gasteiger partial charge in [0.15, 0.2) is 0 Å². The summed E-state index contributed by atoms with van der Waals surface area (Å²) in [5, 5.41) is 5.95. The molecule has 10 nitrogen and oxygen atoms in total. The van der Waals surface area contributed by atoms with Gasteiger partial charge in [-0.1, -0.05) is 30.3 Å². The minimum absolute atomic E-state index is 0.0650. The van der Waals surface area contributed by atoms with E-state index in [0.717, 1.165) is 0 Å². The van der Waals surface area contributed by atoms with Crippen LogP contribution < -0.4 is 15.4 Å². The first-order valence-electron chi connectivity index (χ1n) is 13.9. The third-order valence-electron chi connectivity index (χ3n) is 6.87. The number of likely N-dealkylation sites (N-methyl/N-ethyl adjacent to an activating group) is 1. The quantitative estimate of drug-likeness (QED) is 0.456. The summed E-state index contributed by atoms with van der Waals surface area (Å²) in [4.78, 5) is 44.8. The van der Waals surface area contributed by atoms with Crippen LogP contribution in [0.15, 0.2) is 65.9 Å². The van der Waals surface area contributed by atoms with Crippen molar-refractivity contribution in [1.82, 2.24) is 25.3 Å². The number of nitrogens with zero attached hydrogens (tertiary/aromatic N) is 3. The zero-order valence-corrected chi connectivity index (χ0v) is 23.7. The number of urea groups is 2. The number of para-hydroxylation sites is 1. The molecule has 1 saturated heterocycles. The molecule has 0 aromatic heterocycles. The van der Waals surface area contributed by atoms with Gasteiger partial charge in [0.05, 0.1) is 18.2 Å². The first kappa shape index (κ1) is 28.9. The molecular weight excluding hydrogens is 510 g/mol. The number of rotatable bonds is 9. The second-order valence-corrected chi connectivity index (χ2v) is 10.1. The van der Waals surface area contributed by atoms with Crippen LogP contribution in [0.4, 0.5) is 9.59 Å². The maximum atomic E-state index is 13.5. The molecule has 2 aliphatic rings. The van der Waals surface area contributed by atoms with Gasteiger partial charge in [0.2, 0.25) is 0 Å². The highest BCUT2D eigenvalue weighted by molar-refractivity contribution is 5.95. The van der Waals surface area contributed by atoms with Crippen LogP contribution in [-0.4, -0.2) is 84.6 Å². The molecule has 4 amide bonds. The number of amides is 4. The van der Waals surface area contributed by atoms with Gasteiger partial charge in [-0.15, -0.1) is 0 Å². The predicted molar refractivity (Wildman–Crippen MR) is 152 cm³/mol. The number of ether oxygens (including phenoxy) is 2. The molecular formula is C30H39N5O5. The lowest BCUT2D eigenvalue weighted by molar-refractivity contribution is -0.139. The van der Waals surface area contributed by atoms with E-state index in [4.69, 9.17) is 9.47 Å². The number of piperazine rings is 1. The topological polar surface area (TPSA) is 103 Å². The van der Waals surface area contributed by atoms with Crippen LogP contribution in [0.5, 0.6) is 11.5 Å². The van der Waals surface area contributed by atoms with Gasteiger partial charge in [0, 0.05) is 51.0 Å². The van der Waals surface area contributed by atoms with Gasteiger partial charge in [-0.05, 0) is 57.5 Å². The molecule has 0 bridgehead atoms. The maximum absolute atomic E-state index is 13.5. The molecule has 0 radical (unpaired) electrons. The molecule has 2 aromatic rings. The largest absolute Gasteiger partial charge is 0.463 e. The van der Waals surface area contributed by atoms with E-state index in [9.17, 15) is 14.4 Å². The molecule has 1 atom stereocenters. The van der Waals surface area contributed by atoms with Crippen LogP contribution in [0.1, 0.15) is 39.3 Å². The van der Waals surface area contributed by atoms with Crippen molar-refractivity contribution in [3.05, 3.63) is 71.4 Å². The number of hydrogen-bond acceptors (Lipinski definition) is 6. The monoisotopic (exact) mass is 549 g/mol. The smallest absolute Gasteiger partial charge is 0.338 e. The fraction of sp³-hybridized carbons (Fsp3) is 0.433. The summed E-state index contributed by atoms with van der Waals surface area (Å²) in [5.74, 6) is 0.814. The Morgan fingerprint density at radius 1 is 1.00 bits per heavy atom. The van der Waals surface area contributed by atoms with Crippen LogP contribution >= 0.6 is 0 Å². The number of nitrogens with one attached hydrogen (secondary N) is 2. The van der Waals surface area contributed by atoms with Gasteiger partial charge in [-0.3, -0.25) is 9.80 Å². The molecule has 214 valence electrons. The van der Waals surface area contributed by atoms with Gasteiger partial charge < -0.3 is 25.0 Å². The highest BCUT2D eigenvalue weighted by Gasteiger charge is 2.38. The molecule has 0 aliphatic carbocycles. The average molecular weight is 550 g/mol. The Morgan fingerprint density at radius 2 is 1.70 bits per heavy atom. The lowest BCUT2D eigenvalue weighted by Crippen LogP contribution is -2.55. The molecule has 0 spiro atoms. The van der Waals surface area contributed by atoms with E-state index in [-0.39, 0.29) is 24.7 Å². The Balaban J connectivity index is 1.63. The minimum atomic E-state index is -0.707. The van der Waals surface area contributed by atoms with Crippen molar-refractivity contribution in [1.29, 1.82) is 0 Å². The van der Waals surface area contributed by atoms with Crippen LogP contribution in [0.25, 0.3) is 0 Å².